The van der Waals surface area contributed by atoms with Crippen LogP contribution in [0.4, 0.5) is 5.95 Å². The largest absolute Gasteiger partial charge is 0.497 e. The number of hydrogen-bond donors (Lipinski definition) is 1. The number of methoxy groups -OCH3 is 1. The maximum Gasteiger partial charge on any atom is 0.256 e. The fourth-order valence-electron chi connectivity index (χ4n) is 3.89. The van der Waals surface area contributed by atoms with Gasteiger partial charge >= 0.3 is 0 Å². The number of nitrogens with zero attached hydrogens (tertiary/aromatic N) is 6. The summed E-state index contributed by atoms with van der Waals surface area (Å²) in [6.45, 7) is 3.37. The van der Waals surface area contributed by atoms with Crippen molar-refractivity contribution in [2.45, 2.75) is 25.8 Å². The van der Waals surface area contributed by atoms with E-state index in [1.165, 1.54) is 4.80 Å². The number of carbonyl (C=O) groups excluding carboxylic acids is 1. The molecule has 9 nitrogen and oxygen atoms in total. The summed E-state index contributed by atoms with van der Waals surface area (Å²) < 4.78 is 5.37. The summed E-state index contributed by atoms with van der Waals surface area (Å²) in [6, 6.07) is 5.32. The van der Waals surface area contributed by atoms with Crippen LogP contribution in [0.2, 0.25) is 5.02 Å². The molecule has 0 unspecified atom stereocenters. The number of piperidine rings is 1. The molecule has 162 valence electrons. The van der Waals surface area contributed by atoms with Crippen LogP contribution in [0.5, 0.6) is 5.75 Å². The number of ether oxygens (including phenoxy) is 1. The highest BCUT2D eigenvalue weighted by Crippen LogP contribution is 2.28. The van der Waals surface area contributed by atoms with E-state index in [1.807, 2.05) is 4.90 Å². The van der Waals surface area contributed by atoms with Gasteiger partial charge in [0.05, 0.1) is 54.2 Å². The lowest BCUT2D eigenvalue weighted by atomic mass is 9.90. The van der Waals surface area contributed by atoms with E-state index in [0.29, 0.717) is 47.0 Å². The van der Waals surface area contributed by atoms with Gasteiger partial charge in [0.1, 0.15) is 5.75 Å². The van der Waals surface area contributed by atoms with E-state index in [1.54, 1.807) is 50.1 Å². The molecule has 10 heteroatoms. The number of hydrogen-bond acceptors (Lipinski definition) is 7. The van der Waals surface area contributed by atoms with Crippen LogP contribution in [0, 0.1) is 5.92 Å². The Morgan fingerprint density at radius 2 is 2.00 bits per heavy atom. The Morgan fingerprint density at radius 3 is 2.71 bits per heavy atom. The molecule has 0 aliphatic carbocycles. The molecule has 1 aliphatic heterocycles. The third kappa shape index (κ3) is 4.61. The smallest absolute Gasteiger partial charge is 0.256 e. The van der Waals surface area contributed by atoms with Crippen LogP contribution in [-0.4, -0.2) is 62.0 Å². The predicted molar refractivity (Wildman–Crippen MR) is 117 cm³/mol. The lowest BCUT2D eigenvalue weighted by molar-refractivity contribution is 0.0539. The van der Waals surface area contributed by atoms with Crippen molar-refractivity contribution in [1.29, 1.82) is 0 Å². The van der Waals surface area contributed by atoms with Crippen molar-refractivity contribution in [1.82, 2.24) is 29.9 Å². The Kier molecular flexibility index (Phi) is 6.31. The predicted octanol–water partition coefficient (Wildman–Crippen LogP) is 3.07. The van der Waals surface area contributed by atoms with Crippen molar-refractivity contribution in [2.24, 2.45) is 5.92 Å². The average molecular weight is 442 g/mol. The molecule has 3 aromatic rings. The lowest BCUT2D eigenvalue weighted by Gasteiger charge is -2.40. The second kappa shape index (κ2) is 9.30. The molecule has 3 heterocycles. The van der Waals surface area contributed by atoms with Crippen LogP contribution in [0.15, 0.2) is 43.0 Å². The van der Waals surface area contributed by atoms with E-state index < -0.39 is 0 Å². The second-order valence-electron chi connectivity index (χ2n) is 7.49. The molecule has 31 heavy (non-hydrogen) atoms. The highest BCUT2D eigenvalue weighted by atomic mass is 35.5. The lowest BCUT2D eigenvalue weighted by Crippen LogP contribution is -2.51. The monoisotopic (exact) mass is 441 g/mol. The molecule has 2 aromatic heterocycles. The van der Waals surface area contributed by atoms with Crippen LogP contribution in [0.3, 0.4) is 0 Å². The van der Waals surface area contributed by atoms with Gasteiger partial charge in [0.25, 0.3) is 5.91 Å². The number of anilines is 1. The standard InChI is InChI=1S/C21H24ClN7O2/c1-14-4-3-9-28(19(14)13-25-21-23-11-15(22)12-24-21)20(30)17-10-16(31-2)5-6-18(17)29-26-7-8-27-29/h5-8,10-12,14,19H,3-4,9,13H2,1-2H3,(H,23,24,25)/t14-,19-/m1/s1. The zero-order valence-electron chi connectivity index (χ0n) is 17.4. The SMILES string of the molecule is COc1ccc(-n2nccn2)c(C(=O)N2CCC[C@@H](C)[C@H]2CNc2ncc(Cl)cn2)c1. The van der Waals surface area contributed by atoms with Crippen LogP contribution in [0.1, 0.15) is 30.1 Å². The fraction of sp³-hybridized carbons (Fsp3) is 0.381. The normalized spacial score (nSPS) is 18.6. The van der Waals surface area contributed by atoms with Crippen molar-refractivity contribution < 1.29 is 9.53 Å². The van der Waals surface area contributed by atoms with Crippen molar-refractivity contribution in [2.75, 3.05) is 25.5 Å². The zero-order chi connectivity index (χ0) is 21.8. The molecule has 1 amide bonds. The third-order valence-corrected chi connectivity index (χ3v) is 5.73. The Balaban J connectivity index is 1.61. The van der Waals surface area contributed by atoms with Crippen LogP contribution in [-0.2, 0) is 0 Å². The van der Waals surface area contributed by atoms with Crippen molar-refractivity contribution in [3.05, 3.63) is 53.6 Å². The van der Waals surface area contributed by atoms with E-state index in [4.69, 9.17) is 16.3 Å². The minimum Gasteiger partial charge on any atom is -0.497 e. The number of carbonyl (C=O) groups is 1. The van der Waals surface area contributed by atoms with Gasteiger partial charge < -0.3 is 15.0 Å². The quantitative estimate of drug-likeness (QED) is 0.627. The van der Waals surface area contributed by atoms with Gasteiger partial charge in [0.15, 0.2) is 0 Å². The molecule has 1 aromatic carbocycles. The topological polar surface area (TPSA) is 98.1 Å². The first-order valence-electron chi connectivity index (χ1n) is 10.1. The first kappa shape index (κ1) is 21.0. The number of amides is 1. The molecule has 0 radical (unpaired) electrons. The molecule has 1 N–H and O–H groups in total. The molecule has 1 saturated heterocycles. The van der Waals surface area contributed by atoms with Crippen molar-refractivity contribution in [3.63, 3.8) is 0 Å². The highest BCUT2D eigenvalue weighted by molar-refractivity contribution is 6.30. The van der Waals surface area contributed by atoms with Gasteiger partial charge in [-0.05, 0) is 37.0 Å². The minimum atomic E-state index is -0.0819. The number of nitrogens with one attached hydrogen (secondary N) is 1. The van der Waals surface area contributed by atoms with Crippen LogP contribution in [0.25, 0.3) is 5.69 Å². The average Bonchev–Trinajstić information content (AvgIpc) is 3.33. The van der Waals surface area contributed by atoms with Gasteiger partial charge in [-0.2, -0.15) is 15.0 Å². The van der Waals surface area contributed by atoms with E-state index in [0.717, 1.165) is 12.8 Å². The minimum absolute atomic E-state index is 0.0230. The van der Waals surface area contributed by atoms with E-state index in [-0.39, 0.29) is 11.9 Å². The van der Waals surface area contributed by atoms with Gasteiger partial charge in [0, 0.05) is 13.1 Å². The van der Waals surface area contributed by atoms with E-state index in [2.05, 4.69) is 32.4 Å². The number of benzene rings is 1. The summed E-state index contributed by atoms with van der Waals surface area (Å²) in [7, 11) is 1.58. The summed E-state index contributed by atoms with van der Waals surface area (Å²) in [5.74, 6) is 1.32. The molecule has 1 aliphatic rings. The third-order valence-electron chi connectivity index (χ3n) is 5.53. The first-order valence-corrected chi connectivity index (χ1v) is 10.5. The van der Waals surface area contributed by atoms with Gasteiger partial charge in [-0.1, -0.05) is 18.5 Å². The van der Waals surface area contributed by atoms with Gasteiger partial charge in [-0.15, -0.1) is 0 Å². The Bertz CT molecular complexity index is 1030. The number of halogens is 1. The molecule has 0 saturated carbocycles. The summed E-state index contributed by atoms with van der Waals surface area (Å²) in [4.78, 5) is 25.5. The molecular weight excluding hydrogens is 418 g/mol. The molecule has 0 bridgehead atoms. The van der Waals surface area contributed by atoms with Gasteiger partial charge in [0.2, 0.25) is 5.95 Å². The number of aromatic nitrogens is 5. The van der Waals surface area contributed by atoms with E-state index in [9.17, 15) is 4.79 Å². The maximum atomic E-state index is 13.7. The molecule has 0 spiro atoms. The van der Waals surface area contributed by atoms with Crippen LogP contribution < -0.4 is 10.1 Å². The summed E-state index contributed by atoms with van der Waals surface area (Å²) in [6.07, 6.45) is 8.25. The van der Waals surface area contributed by atoms with Crippen molar-refractivity contribution in [3.8, 4) is 11.4 Å². The zero-order valence-corrected chi connectivity index (χ0v) is 18.2. The van der Waals surface area contributed by atoms with E-state index >= 15 is 0 Å². The number of likely N-dealkylation sites (tertiary alicyclic amines) is 1. The summed E-state index contributed by atoms with van der Waals surface area (Å²) >= 11 is 5.87. The van der Waals surface area contributed by atoms with Gasteiger partial charge in [-0.25, -0.2) is 9.97 Å². The summed E-state index contributed by atoms with van der Waals surface area (Å²) in [5, 5.41) is 12.1. The summed E-state index contributed by atoms with van der Waals surface area (Å²) in [5.41, 5.74) is 1.11. The first-order chi connectivity index (χ1) is 15.1. The molecule has 1 fully saturated rings. The van der Waals surface area contributed by atoms with Gasteiger partial charge in [-0.3, -0.25) is 4.79 Å². The maximum absolute atomic E-state index is 13.7. The second-order valence-corrected chi connectivity index (χ2v) is 7.93. The number of rotatable bonds is 6. The molecule has 2 atom stereocenters. The van der Waals surface area contributed by atoms with Crippen LogP contribution >= 0.6 is 11.6 Å². The molecular formula is C21H24ClN7O2. The van der Waals surface area contributed by atoms with Crippen molar-refractivity contribution >= 4 is 23.5 Å². The fourth-order valence-corrected chi connectivity index (χ4v) is 3.99. The Morgan fingerprint density at radius 1 is 1.26 bits per heavy atom. The molecule has 4 rings (SSSR count). The highest BCUT2D eigenvalue weighted by Gasteiger charge is 2.33. The Labute approximate surface area is 185 Å². The Hall–Kier alpha value is -3.20.